The Bertz CT molecular complexity index is 307. The van der Waals surface area contributed by atoms with Crippen LogP contribution in [-0.4, -0.2) is 12.5 Å². The molecule has 0 spiro atoms. The molecule has 3 heteroatoms. The number of carbonyl (C=O) groups excluding carboxylic acids is 1. The fourth-order valence-corrected chi connectivity index (χ4v) is 1.95. The van der Waals surface area contributed by atoms with Gasteiger partial charge in [0.25, 0.3) is 5.91 Å². The van der Waals surface area contributed by atoms with Crippen molar-refractivity contribution in [1.82, 2.24) is 5.32 Å². The SMILES string of the molecule is CC(C)C(CNC(=O)c1ccco1)C(C)C. The normalized spacial score (nSPS) is 11.4. The van der Waals surface area contributed by atoms with Crippen molar-refractivity contribution in [3.05, 3.63) is 24.2 Å². The van der Waals surface area contributed by atoms with Gasteiger partial charge in [0.05, 0.1) is 6.26 Å². The van der Waals surface area contributed by atoms with Gasteiger partial charge < -0.3 is 9.73 Å². The van der Waals surface area contributed by atoms with Crippen LogP contribution >= 0.6 is 0 Å². The number of furan rings is 1. The molecule has 0 radical (unpaired) electrons. The molecule has 1 rings (SSSR count). The van der Waals surface area contributed by atoms with Crippen molar-refractivity contribution < 1.29 is 9.21 Å². The molecule has 1 heterocycles. The number of rotatable bonds is 5. The highest BCUT2D eigenvalue weighted by molar-refractivity contribution is 5.91. The van der Waals surface area contributed by atoms with Crippen molar-refractivity contribution in [1.29, 1.82) is 0 Å². The van der Waals surface area contributed by atoms with E-state index in [1.807, 2.05) is 0 Å². The van der Waals surface area contributed by atoms with Gasteiger partial charge in [-0.25, -0.2) is 0 Å². The van der Waals surface area contributed by atoms with Crippen LogP contribution in [-0.2, 0) is 0 Å². The molecule has 0 aliphatic rings. The van der Waals surface area contributed by atoms with Crippen LogP contribution in [0, 0.1) is 17.8 Å². The largest absolute Gasteiger partial charge is 0.459 e. The average Bonchev–Trinajstić information content (AvgIpc) is 2.69. The molecule has 0 atom stereocenters. The number of hydrogen-bond donors (Lipinski definition) is 1. The molecule has 0 saturated carbocycles. The van der Waals surface area contributed by atoms with Gasteiger partial charge in [-0.2, -0.15) is 0 Å². The third kappa shape index (κ3) is 3.40. The molecule has 3 nitrogen and oxygen atoms in total. The standard InChI is InChI=1S/C13H21NO2/c1-9(2)11(10(3)4)8-14-13(15)12-6-5-7-16-12/h5-7,9-11H,8H2,1-4H3,(H,14,15). The summed E-state index contributed by atoms with van der Waals surface area (Å²) in [4.78, 5) is 11.7. The first-order valence-electron chi connectivity index (χ1n) is 5.84. The summed E-state index contributed by atoms with van der Waals surface area (Å²) >= 11 is 0. The maximum atomic E-state index is 11.7. The Hall–Kier alpha value is -1.25. The summed E-state index contributed by atoms with van der Waals surface area (Å²) in [5, 5.41) is 2.92. The van der Waals surface area contributed by atoms with Crippen molar-refractivity contribution in [2.45, 2.75) is 27.7 Å². The lowest BCUT2D eigenvalue weighted by Crippen LogP contribution is -2.33. The van der Waals surface area contributed by atoms with E-state index in [4.69, 9.17) is 4.42 Å². The first-order chi connectivity index (χ1) is 7.52. The van der Waals surface area contributed by atoms with Gasteiger partial charge in [-0.15, -0.1) is 0 Å². The summed E-state index contributed by atoms with van der Waals surface area (Å²) in [6.45, 7) is 9.44. The summed E-state index contributed by atoms with van der Waals surface area (Å²) in [7, 11) is 0. The number of hydrogen-bond acceptors (Lipinski definition) is 2. The van der Waals surface area contributed by atoms with E-state index < -0.39 is 0 Å². The van der Waals surface area contributed by atoms with Crippen LogP contribution in [0.5, 0.6) is 0 Å². The van der Waals surface area contributed by atoms with Crippen molar-refractivity contribution in [3.63, 3.8) is 0 Å². The molecule has 0 aliphatic carbocycles. The van der Waals surface area contributed by atoms with Gasteiger partial charge in [-0.05, 0) is 29.9 Å². The zero-order valence-corrected chi connectivity index (χ0v) is 10.5. The Morgan fingerprint density at radius 2 is 1.94 bits per heavy atom. The van der Waals surface area contributed by atoms with Crippen molar-refractivity contribution in [2.75, 3.05) is 6.54 Å². The lowest BCUT2D eigenvalue weighted by atomic mass is 9.85. The molecule has 0 unspecified atom stereocenters. The van der Waals surface area contributed by atoms with E-state index in [1.165, 1.54) is 6.26 Å². The maximum Gasteiger partial charge on any atom is 0.286 e. The first kappa shape index (κ1) is 12.8. The lowest BCUT2D eigenvalue weighted by molar-refractivity contribution is 0.0909. The van der Waals surface area contributed by atoms with E-state index in [1.54, 1.807) is 12.1 Å². The Kier molecular flexibility index (Phi) is 4.59. The molecular formula is C13H21NO2. The third-order valence-corrected chi connectivity index (χ3v) is 2.96. The Morgan fingerprint density at radius 3 is 2.38 bits per heavy atom. The first-order valence-corrected chi connectivity index (χ1v) is 5.84. The molecule has 0 aromatic carbocycles. The molecule has 1 amide bonds. The average molecular weight is 223 g/mol. The number of nitrogens with one attached hydrogen (secondary N) is 1. The predicted molar refractivity (Wildman–Crippen MR) is 64.2 cm³/mol. The highest BCUT2D eigenvalue weighted by Gasteiger charge is 2.19. The third-order valence-electron chi connectivity index (χ3n) is 2.96. The molecule has 0 saturated heterocycles. The minimum atomic E-state index is -0.128. The Balaban J connectivity index is 2.47. The van der Waals surface area contributed by atoms with Gasteiger partial charge in [0.2, 0.25) is 0 Å². The minimum Gasteiger partial charge on any atom is -0.459 e. The molecule has 16 heavy (non-hydrogen) atoms. The monoisotopic (exact) mass is 223 g/mol. The van der Waals surface area contributed by atoms with Gasteiger partial charge in [0.15, 0.2) is 5.76 Å². The molecule has 1 aromatic rings. The van der Waals surface area contributed by atoms with E-state index in [2.05, 4.69) is 33.0 Å². The number of carbonyl (C=O) groups is 1. The van der Waals surface area contributed by atoms with Gasteiger partial charge in [-0.1, -0.05) is 27.7 Å². The zero-order chi connectivity index (χ0) is 12.1. The van der Waals surface area contributed by atoms with Crippen molar-refractivity contribution in [3.8, 4) is 0 Å². The smallest absolute Gasteiger partial charge is 0.286 e. The molecule has 0 fully saturated rings. The predicted octanol–water partition coefficient (Wildman–Crippen LogP) is 2.94. The Morgan fingerprint density at radius 1 is 1.31 bits per heavy atom. The van der Waals surface area contributed by atoms with Gasteiger partial charge in [0, 0.05) is 6.54 Å². The van der Waals surface area contributed by atoms with Gasteiger partial charge in [-0.3, -0.25) is 4.79 Å². The van der Waals surface area contributed by atoms with Gasteiger partial charge >= 0.3 is 0 Å². The highest BCUT2D eigenvalue weighted by atomic mass is 16.3. The second-order valence-corrected chi connectivity index (χ2v) is 4.84. The van der Waals surface area contributed by atoms with Crippen LogP contribution in [0.4, 0.5) is 0 Å². The quantitative estimate of drug-likeness (QED) is 0.834. The fourth-order valence-electron chi connectivity index (χ4n) is 1.95. The highest BCUT2D eigenvalue weighted by Crippen LogP contribution is 2.19. The van der Waals surface area contributed by atoms with Gasteiger partial charge in [0.1, 0.15) is 0 Å². The van der Waals surface area contributed by atoms with Crippen LogP contribution in [0.25, 0.3) is 0 Å². The second kappa shape index (κ2) is 5.73. The van der Waals surface area contributed by atoms with Crippen molar-refractivity contribution >= 4 is 5.91 Å². The molecule has 0 aliphatic heterocycles. The zero-order valence-electron chi connectivity index (χ0n) is 10.5. The number of amides is 1. The van der Waals surface area contributed by atoms with E-state index in [9.17, 15) is 4.79 Å². The summed E-state index contributed by atoms with van der Waals surface area (Å²) < 4.78 is 5.04. The Labute approximate surface area is 97.2 Å². The summed E-state index contributed by atoms with van der Waals surface area (Å²) in [5.41, 5.74) is 0. The minimum absolute atomic E-state index is 0.128. The summed E-state index contributed by atoms with van der Waals surface area (Å²) in [6, 6.07) is 3.40. The molecule has 1 aromatic heterocycles. The molecular weight excluding hydrogens is 202 g/mol. The van der Waals surface area contributed by atoms with E-state index >= 15 is 0 Å². The van der Waals surface area contributed by atoms with E-state index in [0.29, 0.717) is 30.1 Å². The second-order valence-electron chi connectivity index (χ2n) is 4.84. The van der Waals surface area contributed by atoms with Crippen LogP contribution in [0.15, 0.2) is 22.8 Å². The lowest BCUT2D eigenvalue weighted by Gasteiger charge is -2.24. The topological polar surface area (TPSA) is 42.2 Å². The summed E-state index contributed by atoms with van der Waals surface area (Å²) in [5.74, 6) is 1.88. The van der Waals surface area contributed by atoms with Crippen molar-refractivity contribution in [2.24, 2.45) is 17.8 Å². The van der Waals surface area contributed by atoms with Crippen LogP contribution in [0.1, 0.15) is 38.2 Å². The van der Waals surface area contributed by atoms with Crippen LogP contribution in [0.3, 0.4) is 0 Å². The molecule has 1 N–H and O–H groups in total. The van der Waals surface area contributed by atoms with Crippen LogP contribution < -0.4 is 5.32 Å². The van der Waals surface area contributed by atoms with Crippen LogP contribution in [0.2, 0.25) is 0 Å². The molecule has 0 bridgehead atoms. The summed E-state index contributed by atoms with van der Waals surface area (Å²) in [6.07, 6.45) is 1.51. The van der Waals surface area contributed by atoms with E-state index in [0.717, 1.165) is 0 Å². The van der Waals surface area contributed by atoms with E-state index in [-0.39, 0.29) is 5.91 Å². The maximum absolute atomic E-state index is 11.7. The molecule has 90 valence electrons. The fraction of sp³-hybridized carbons (Fsp3) is 0.615.